The third-order valence-corrected chi connectivity index (χ3v) is 13.8. The first kappa shape index (κ1) is 65.9. The first-order valence-corrected chi connectivity index (χ1v) is 29.5. The summed E-state index contributed by atoms with van der Waals surface area (Å²) in [5.74, 6) is -0.204. The number of carbonyl (C=O) groups excluding carboxylic acids is 1. The Balaban J connectivity index is 2.18. The van der Waals surface area contributed by atoms with Gasteiger partial charge in [-0.25, -0.2) is 0 Å². The van der Waals surface area contributed by atoms with Crippen molar-refractivity contribution >= 4 is 5.91 Å². The van der Waals surface area contributed by atoms with Gasteiger partial charge in [-0.1, -0.05) is 254 Å². The second kappa shape index (κ2) is 50.4. The summed E-state index contributed by atoms with van der Waals surface area (Å²) in [5, 5.41) is 54.4. The van der Waals surface area contributed by atoms with Crippen LogP contribution in [0.5, 0.6) is 0 Å². The van der Waals surface area contributed by atoms with Crippen molar-refractivity contribution in [3.8, 4) is 0 Å². The molecule has 1 amide bonds. The molecule has 1 fully saturated rings. The zero-order valence-corrected chi connectivity index (χ0v) is 45.3. The number of aliphatic hydroxyl groups excluding tert-OH is 5. The standard InChI is InChI=1S/C61H111NO8/c1-3-5-7-9-11-13-15-17-19-20-21-22-23-24-25-26-27-28-29-30-31-32-33-34-35-37-38-40-42-44-46-48-50-55(64)54(53-69-61-60(68)59(67)58(66)56(52-63)70-61)62-57(65)51-49-47-45-43-41-39-36-18-16-14-12-10-8-6-4-2/h6,8,12,14,18,36,40,42,48,50,54-56,58-61,63-64,66-68H,3-5,7,9-11,13,15-17,19-35,37-39,41,43-47,49,51-53H2,1-2H3,(H,62,65)/b8-6-,14-12-,36-18-,42-40+,50-48+. The third-order valence-electron chi connectivity index (χ3n) is 13.8. The fourth-order valence-electron chi connectivity index (χ4n) is 9.19. The van der Waals surface area contributed by atoms with Gasteiger partial charge in [0.2, 0.25) is 5.91 Å². The molecule has 7 atom stereocenters. The summed E-state index contributed by atoms with van der Waals surface area (Å²) in [6.07, 6.45) is 61.7. The van der Waals surface area contributed by atoms with Crippen LogP contribution in [-0.2, 0) is 14.3 Å². The summed E-state index contributed by atoms with van der Waals surface area (Å²) >= 11 is 0. The van der Waals surface area contributed by atoms with Gasteiger partial charge in [-0.05, 0) is 64.2 Å². The average molecular weight is 987 g/mol. The molecular formula is C61H111NO8. The maximum absolute atomic E-state index is 13.0. The zero-order valence-electron chi connectivity index (χ0n) is 45.3. The predicted molar refractivity (Wildman–Crippen MR) is 295 cm³/mol. The van der Waals surface area contributed by atoms with E-state index in [1.807, 2.05) is 6.08 Å². The van der Waals surface area contributed by atoms with Gasteiger partial charge in [0.25, 0.3) is 0 Å². The number of amides is 1. The molecule has 0 aliphatic carbocycles. The molecule has 0 spiro atoms. The normalized spacial score (nSPS) is 19.8. The van der Waals surface area contributed by atoms with Crippen LogP contribution in [0.4, 0.5) is 0 Å². The van der Waals surface area contributed by atoms with Crippen molar-refractivity contribution in [3.63, 3.8) is 0 Å². The number of carbonyl (C=O) groups is 1. The van der Waals surface area contributed by atoms with Crippen LogP contribution in [0.15, 0.2) is 60.8 Å². The highest BCUT2D eigenvalue weighted by atomic mass is 16.7. The molecule has 0 bridgehead atoms. The molecule has 408 valence electrons. The molecule has 1 aliphatic rings. The number of aliphatic hydroxyl groups is 5. The number of unbranched alkanes of at least 4 members (excludes halogenated alkanes) is 32. The molecular weight excluding hydrogens is 875 g/mol. The highest BCUT2D eigenvalue weighted by Gasteiger charge is 2.44. The Morgan fingerprint density at radius 3 is 1.37 bits per heavy atom. The van der Waals surface area contributed by atoms with Crippen LogP contribution in [-0.4, -0.2) is 87.5 Å². The molecule has 7 unspecified atom stereocenters. The van der Waals surface area contributed by atoms with E-state index in [4.69, 9.17) is 9.47 Å². The summed E-state index contributed by atoms with van der Waals surface area (Å²) < 4.78 is 11.2. The average Bonchev–Trinajstić information content (AvgIpc) is 3.36. The largest absolute Gasteiger partial charge is 0.394 e. The van der Waals surface area contributed by atoms with Crippen molar-refractivity contribution in [2.75, 3.05) is 13.2 Å². The van der Waals surface area contributed by atoms with E-state index in [1.165, 1.54) is 167 Å². The lowest BCUT2D eigenvalue weighted by atomic mass is 9.99. The van der Waals surface area contributed by atoms with E-state index in [0.717, 1.165) is 77.0 Å². The summed E-state index contributed by atoms with van der Waals surface area (Å²) in [5.41, 5.74) is 0. The molecule has 1 saturated heterocycles. The Hall–Kier alpha value is -2.11. The summed E-state index contributed by atoms with van der Waals surface area (Å²) in [4.78, 5) is 13.0. The first-order chi connectivity index (χ1) is 34.3. The fourth-order valence-corrected chi connectivity index (χ4v) is 9.19. The highest BCUT2D eigenvalue weighted by Crippen LogP contribution is 2.23. The number of ether oxygens (including phenoxy) is 2. The van der Waals surface area contributed by atoms with Gasteiger partial charge in [0.05, 0.1) is 25.4 Å². The van der Waals surface area contributed by atoms with Crippen LogP contribution in [0.25, 0.3) is 0 Å². The monoisotopic (exact) mass is 986 g/mol. The number of hydrogen-bond acceptors (Lipinski definition) is 8. The molecule has 0 aromatic heterocycles. The SMILES string of the molecule is CC/C=C\C/C=C\C/C=C\CCCCCCCC(=O)NC(COC1OC(CO)C(O)C(O)C1O)C(O)/C=C/CC/C=C/CCCCCCCCCCCCCCCCCCCCCCCCCCCC. The second-order valence-electron chi connectivity index (χ2n) is 20.4. The second-order valence-corrected chi connectivity index (χ2v) is 20.4. The Morgan fingerprint density at radius 2 is 0.900 bits per heavy atom. The molecule has 0 aromatic carbocycles. The molecule has 1 rings (SSSR count). The Morgan fingerprint density at radius 1 is 0.500 bits per heavy atom. The van der Waals surface area contributed by atoms with Crippen molar-refractivity contribution in [1.29, 1.82) is 0 Å². The minimum Gasteiger partial charge on any atom is -0.394 e. The quantitative estimate of drug-likeness (QED) is 0.0261. The summed E-state index contributed by atoms with van der Waals surface area (Å²) in [7, 11) is 0. The predicted octanol–water partition coefficient (Wildman–Crippen LogP) is 14.7. The maximum atomic E-state index is 13.0. The van der Waals surface area contributed by atoms with E-state index in [9.17, 15) is 30.3 Å². The smallest absolute Gasteiger partial charge is 0.220 e. The Kier molecular flexibility index (Phi) is 47.5. The van der Waals surface area contributed by atoms with Crippen molar-refractivity contribution in [2.45, 2.75) is 307 Å². The van der Waals surface area contributed by atoms with E-state index < -0.39 is 49.5 Å². The van der Waals surface area contributed by atoms with E-state index in [0.29, 0.717) is 6.42 Å². The van der Waals surface area contributed by atoms with Gasteiger partial charge in [-0.3, -0.25) is 4.79 Å². The lowest BCUT2D eigenvalue weighted by Gasteiger charge is -2.40. The number of nitrogens with one attached hydrogen (secondary N) is 1. The zero-order chi connectivity index (χ0) is 50.8. The van der Waals surface area contributed by atoms with Gasteiger partial charge in [0.1, 0.15) is 24.4 Å². The van der Waals surface area contributed by atoms with Gasteiger partial charge < -0.3 is 40.3 Å². The van der Waals surface area contributed by atoms with Crippen LogP contribution in [0.1, 0.15) is 264 Å². The van der Waals surface area contributed by atoms with E-state index in [2.05, 4.69) is 67.8 Å². The highest BCUT2D eigenvalue weighted by molar-refractivity contribution is 5.76. The van der Waals surface area contributed by atoms with E-state index in [-0.39, 0.29) is 12.5 Å². The molecule has 1 heterocycles. The summed E-state index contributed by atoms with van der Waals surface area (Å²) in [6, 6.07) is -0.834. The van der Waals surface area contributed by atoms with Crippen molar-refractivity contribution < 1.29 is 39.8 Å². The molecule has 6 N–H and O–H groups in total. The van der Waals surface area contributed by atoms with Gasteiger partial charge in [0.15, 0.2) is 6.29 Å². The van der Waals surface area contributed by atoms with E-state index in [1.54, 1.807) is 6.08 Å². The molecule has 9 heteroatoms. The number of rotatable bonds is 50. The maximum Gasteiger partial charge on any atom is 0.220 e. The lowest BCUT2D eigenvalue weighted by Crippen LogP contribution is -2.60. The van der Waals surface area contributed by atoms with Crippen molar-refractivity contribution in [3.05, 3.63) is 60.8 Å². The molecule has 0 aromatic rings. The van der Waals surface area contributed by atoms with E-state index >= 15 is 0 Å². The van der Waals surface area contributed by atoms with Crippen LogP contribution in [0, 0.1) is 0 Å². The molecule has 0 saturated carbocycles. The first-order valence-electron chi connectivity index (χ1n) is 29.5. The minimum absolute atomic E-state index is 0.204. The van der Waals surface area contributed by atoms with Gasteiger partial charge in [-0.2, -0.15) is 0 Å². The Labute approximate surface area is 430 Å². The lowest BCUT2D eigenvalue weighted by molar-refractivity contribution is -0.302. The van der Waals surface area contributed by atoms with Gasteiger partial charge >= 0.3 is 0 Å². The number of allylic oxidation sites excluding steroid dienone is 9. The van der Waals surface area contributed by atoms with Crippen molar-refractivity contribution in [2.24, 2.45) is 0 Å². The van der Waals surface area contributed by atoms with Crippen LogP contribution < -0.4 is 5.32 Å². The molecule has 1 aliphatic heterocycles. The van der Waals surface area contributed by atoms with Gasteiger partial charge in [-0.15, -0.1) is 0 Å². The molecule has 70 heavy (non-hydrogen) atoms. The molecule has 9 nitrogen and oxygen atoms in total. The number of hydrogen-bond donors (Lipinski definition) is 6. The van der Waals surface area contributed by atoms with Gasteiger partial charge in [0, 0.05) is 6.42 Å². The molecule has 0 radical (unpaired) electrons. The van der Waals surface area contributed by atoms with Crippen LogP contribution in [0.2, 0.25) is 0 Å². The minimum atomic E-state index is -1.58. The fraction of sp³-hybridized carbons (Fsp3) is 0.820. The Bertz CT molecular complexity index is 1280. The van der Waals surface area contributed by atoms with Crippen LogP contribution >= 0.6 is 0 Å². The van der Waals surface area contributed by atoms with Crippen LogP contribution in [0.3, 0.4) is 0 Å². The third kappa shape index (κ3) is 39.4. The summed E-state index contributed by atoms with van der Waals surface area (Å²) in [6.45, 7) is 3.65. The topological polar surface area (TPSA) is 149 Å². The van der Waals surface area contributed by atoms with Crippen molar-refractivity contribution in [1.82, 2.24) is 5.32 Å².